The summed E-state index contributed by atoms with van der Waals surface area (Å²) in [5.74, 6) is 0. The predicted molar refractivity (Wildman–Crippen MR) is 107 cm³/mol. The van der Waals surface area contributed by atoms with E-state index >= 15 is 0 Å². The van der Waals surface area contributed by atoms with E-state index in [1.807, 2.05) is 0 Å². The van der Waals surface area contributed by atoms with E-state index in [0.717, 1.165) is 12.8 Å². The van der Waals surface area contributed by atoms with Crippen LogP contribution in [0.15, 0.2) is 60.7 Å². The van der Waals surface area contributed by atoms with E-state index in [9.17, 15) is 0 Å². The summed E-state index contributed by atoms with van der Waals surface area (Å²) in [5, 5.41) is 7.44. The standard InChI is InChI=1S/C22H32N2/c1-3-5-8-17-22(24-21-15-11-7-12-16-21)18-19(4-2)23-20-13-9-6-10-14-20/h6-7,9-16,19,22-24H,3-5,8,17-18H2,1-2H3. The van der Waals surface area contributed by atoms with E-state index in [4.69, 9.17) is 0 Å². The average Bonchev–Trinajstić information content (AvgIpc) is 2.63. The fourth-order valence-electron chi connectivity index (χ4n) is 3.10. The largest absolute Gasteiger partial charge is 0.382 e. The Hall–Kier alpha value is -1.96. The van der Waals surface area contributed by atoms with Crippen LogP contribution in [0, 0.1) is 0 Å². The van der Waals surface area contributed by atoms with E-state index in [1.165, 1.54) is 37.1 Å². The quantitative estimate of drug-likeness (QED) is 0.472. The van der Waals surface area contributed by atoms with Crippen molar-refractivity contribution in [2.75, 3.05) is 10.6 Å². The lowest BCUT2D eigenvalue weighted by Gasteiger charge is -2.26. The molecule has 2 aromatic carbocycles. The molecule has 0 saturated heterocycles. The minimum absolute atomic E-state index is 0.496. The molecule has 0 aliphatic carbocycles. The summed E-state index contributed by atoms with van der Waals surface area (Å²) in [7, 11) is 0. The number of unbranched alkanes of at least 4 members (excludes halogenated alkanes) is 2. The van der Waals surface area contributed by atoms with Gasteiger partial charge >= 0.3 is 0 Å². The van der Waals surface area contributed by atoms with Crippen LogP contribution in [0.5, 0.6) is 0 Å². The number of anilines is 2. The zero-order valence-electron chi connectivity index (χ0n) is 15.2. The van der Waals surface area contributed by atoms with Gasteiger partial charge in [-0.1, -0.05) is 69.5 Å². The minimum Gasteiger partial charge on any atom is -0.382 e. The van der Waals surface area contributed by atoms with Crippen molar-refractivity contribution in [2.45, 2.75) is 64.5 Å². The smallest absolute Gasteiger partial charge is 0.0342 e. The van der Waals surface area contributed by atoms with Gasteiger partial charge in [-0.3, -0.25) is 0 Å². The lowest BCUT2D eigenvalue weighted by atomic mass is 9.98. The van der Waals surface area contributed by atoms with Crippen LogP contribution < -0.4 is 10.6 Å². The van der Waals surface area contributed by atoms with E-state index in [1.54, 1.807) is 0 Å². The predicted octanol–water partition coefficient (Wildman–Crippen LogP) is 6.33. The topological polar surface area (TPSA) is 24.1 Å². The van der Waals surface area contributed by atoms with Crippen LogP contribution in [0.2, 0.25) is 0 Å². The fourth-order valence-corrected chi connectivity index (χ4v) is 3.10. The van der Waals surface area contributed by atoms with Gasteiger partial charge in [0.25, 0.3) is 0 Å². The second kappa shape index (κ2) is 10.7. The van der Waals surface area contributed by atoms with Crippen LogP contribution in [-0.4, -0.2) is 12.1 Å². The van der Waals surface area contributed by atoms with Crippen molar-refractivity contribution in [3.8, 4) is 0 Å². The van der Waals surface area contributed by atoms with Crippen LogP contribution in [0.3, 0.4) is 0 Å². The van der Waals surface area contributed by atoms with Crippen molar-refractivity contribution >= 4 is 11.4 Å². The molecule has 0 saturated carbocycles. The molecule has 0 radical (unpaired) electrons. The molecule has 2 atom stereocenters. The zero-order chi connectivity index (χ0) is 17.0. The monoisotopic (exact) mass is 324 g/mol. The minimum atomic E-state index is 0.496. The summed E-state index contributed by atoms with van der Waals surface area (Å²) in [6.45, 7) is 4.54. The third-order valence-corrected chi connectivity index (χ3v) is 4.51. The molecule has 2 aromatic rings. The Bertz CT molecular complexity index is 538. The lowest BCUT2D eigenvalue weighted by molar-refractivity contribution is 0.508. The van der Waals surface area contributed by atoms with Gasteiger partial charge in [0.05, 0.1) is 0 Å². The molecule has 24 heavy (non-hydrogen) atoms. The van der Waals surface area contributed by atoms with Gasteiger partial charge in [0.1, 0.15) is 0 Å². The molecule has 0 aliphatic rings. The first-order valence-electron chi connectivity index (χ1n) is 9.45. The molecule has 2 heteroatoms. The first-order valence-corrected chi connectivity index (χ1v) is 9.45. The Morgan fingerprint density at radius 2 is 1.25 bits per heavy atom. The second-order valence-corrected chi connectivity index (χ2v) is 6.55. The lowest BCUT2D eigenvalue weighted by Crippen LogP contribution is -2.30. The highest BCUT2D eigenvalue weighted by atomic mass is 15.0. The maximum absolute atomic E-state index is 3.75. The summed E-state index contributed by atoms with van der Waals surface area (Å²) in [5.41, 5.74) is 2.45. The van der Waals surface area contributed by atoms with E-state index < -0.39 is 0 Å². The van der Waals surface area contributed by atoms with Crippen molar-refractivity contribution in [2.24, 2.45) is 0 Å². The van der Waals surface area contributed by atoms with Gasteiger partial charge in [-0.2, -0.15) is 0 Å². The molecule has 2 N–H and O–H groups in total. The summed E-state index contributed by atoms with van der Waals surface area (Å²) in [6, 6.07) is 22.2. The molecular formula is C22H32N2. The number of nitrogens with one attached hydrogen (secondary N) is 2. The van der Waals surface area contributed by atoms with Gasteiger partial charge in [0, 0.05) is 23.5 Å². The van der Waals surface area contributed by atoms with Gasteiger partial charge in [0.15, 0.2) is 0 Å². The highest BCUT2D eigenvalue weighted by Crippen LogP contribution is 2.19. The molecule has 0 bridgehead atoms. The van der Waals surface area contributed by atoms with Crippen LogP contribution in [-0.2, 0) is 0 Å². The van der Waals surface area contributed by atoms with Crippen LogP contribution in [0.4, 0.5) is 11.4 Å². The van der Waals surface area contributed by atoms with Crippen molar-refractivity contribution < 1.29 is 0 Å². The summed E-state index contributed by atoms with van der Waals surface area (Å²) >= 11 is 0. The van der Waals surface area contributed by atoms with Gasteiger partial charge in [0.2, 0.25) is 0 Å². The van der Waals surface area contributed by atoms with Crippen LogP contribution in [0.1, 0.15) is 52.4 Å². The fraction of sp³-hybridized carbons (Fsp3) is 0.455. The van der Waals surface area contributed by atoms with Gasteiger partial charge < -0.3 is 10.6 Å². The van der Waals surface area contributed by atoms with Crippen LogP contribution >= 0.6 is 0 Å². The highest BCUT2D eigenvalue weighted by molar-refractivity contribution is 5.45. The molecule has 0 fully saturated rings. The van der Waals surface area contributed by atoms with E-state index in [-0.39, 0.29) is 0 Å². The molecule has 2 unspecified atom stereocenters. The third-order valence-electron chi connectivity index (χ3n) is 4.51. The molecular weight excluding hydrogens is 292 g/mol. The van der Waals surface area contributed by atoms with Crippen LogP contribution in [0.25, 0.3) is 0 Å². The Kier molecular flexibility index (Phi) is 8.23. The maximum atomic E-state index is 3.75. The third kappa shape index (κ3) is 6.66. The molecule has 130 valence electrons. The Morgan fingerprint density at radius 3 is 1.75 bits per heavy atom. The molecule has 0 aliphatic heterocycles. The number of para-hydroxylation sites is 2. The first-order chi connectivity index (χ1) is 11.8. The summed E-state index contributed by atoms with van der Waals surface area (Å²) in [4.78, 5) is 0. The second-order valence-electron chi connectivity index (χ2n) is 6.55. The summed E-state index contributed by atoms with van der Waals surface area (Å²) < 4.78 is 0. The number of hydrogen-bond acceptors (Lipinski definition) is 2. The molecule has 2 nitrogen and oxygen atoms in total. The molecule has 0 heterocycles. The molecule has 2 rings (SSSR count). The van der Waals surface area contributed by atoms with Crippen molar-refractivity contribution in [3.63, 3.8) is 0 Å². The first kappa shape index (κ1) is 18.4. The Labute approximate surface area is 147 Å². The van der Waals surface area contributed by atoms with Crippen molar-refractivity contribution in [3.05, 3.63) is 60.7 Å². The SMILES string of the molecule is CCCCCC(CC(CC)Nc1ccccc1)Nc1ccccc1. The normalized spacial score (nSPS) is 13.2. The molecule has 0 aromatic heterocycles. The van der Waals surface area contributed by atoms with Gasteiger partial charge in [-0.15, -0.1) is 0 Å². The zero-order valence-corrected chi connectivity index (χ0v) is 15.2. The maximum Gasteiger partial charge on any atom is 0.0342 e. The van der Waals surface area contributed by atoms with Crippen molar-refractivity contribution in [1.29, 1.82) is 0 Å². The van der Waals surface area contributed by atoms with Gasteiger partial charge in [-0.25, -0.2) is 0 Å². The van der Waals surface area contributed by atoms with Gasteiger partial charge in [-0.05, 0) is 43.5 Å². The number of hydrogen-bond donors (Lipinski definition) is 2. The Morgan fingerprint density at radius 1 is 0.708 bits per heavy atom. The number of rotatable bonds is 11. The summed E-state index contributed by atoms with van der Waals surface area (Å²) in [6.07, 6.45) is 7.39. The Balaban J connectivity index is 1.96. The average molecular weight is 325 g/mol. The number of benzene rings is 2. The highest BCUT2D eigenvalue weighted by Gasteiger charge is 2.15. The molecule has 0 spiro atoms. The van der Waals surface area contributed by atoms with Crippen molar-refractivity contribution in [1.82, 2.24) is 0 Å². The molecule has 0 amide bonds. The van der Waals surface area contributed by atoms with E-state index in [0.29, 0.717) is 12.1 Å². The van der Waals surface area contributed by atoms with E-state index in [2.05, 4.69) is 85.1 Å².